The van der Waals surface area contributed by atoms with Crippen molar-refractivity contribution in [1.82, 2.24) is 4.98 Å². The predicted octanol–water partition coefficient (Wildman–Crippen LogP) is 2.66. The zero-order valence-electron chi connectivity index (χ0n) is 9.79. The Morgan fingerprint density at radius 1 is 1.33 bits per heavy atom. The Bertz CT molecular complexity index is 630. The number of carbonyl (C=O) groups is 2. The lowest BCUT2D eigenvalue weighted by molar-refractivity contribution is -0.136. The summed E-state index contributed by atoms with van der Waals surface area (Å²) < 4.78 is 13.5. The van der Waals surface area contributed by atoms with Crippen LogP contribution in [0.3, 0.4) is 0 Å². The smallest absolute Gasteiger partial charge is 0.303 e. The van der Waals surface area contributed by atoms with Crippen LogP contribution in [0.25, 0.3) is 10.9 Å². The van der Waals surface area contributed by atoms with E-state index in [1.54, 1.807) is 13.0 Å². The van der Waals surface area contributed by atoms with Crippen LogP contribution >= 0.6 is 0 Å². The lowest BCUT2D eigenvalue weighted by Crippen LogP contribution is -2.04. The van der Waals surface area contributed by atoms with Crippen LogP contribution in [-0.4, -0.2) is 21.8 Å². The maximum Gasteiger partial charge on any atom is 0.303 e. The molecule has 94 valence electrons. The Morgan fingerprint density at radius 2 is 2.06 bits per heavy atom. The number of aromatic nitrogens is 1. The van der Waals surface area contributed by atoms with E-state index < -0.39 is 11.8 Å². The normalized spacial score (nSPS) is 10.8. The molecule has 0 spiro atoms. The molecule has 2 aromatic rings. The van der Waals surface area contributed by atoms with Gasteiger partial charge in [0.25, 0.3) is 0 Å². The molecule has 2 rings (SSSR count). The number of ketones is 1. The molecule has 0 atom stereocenters. The van der Waals surface area contributed by atoms with Crippen LogP contribution in [0.2, 0.25) is 0 Å². The van der Waals surface area contributed by atoms with Crippen molar-refractivity contribution in [3.8, 4) is 0 Å². The zero-order chi connectivity index (χ0) is 13.3. The van der Waals surface area contributed by atoms with Crippen molar-refractivity contribution < 1.29 is 19.1 Å². The molecule has 0 radical (unpaired) electrons. The number of carboxylic acids is 1. The van der Waals surface area contributed by atoms with Crippen LogP contribution < -0.4 is 0 Å². The number of halogens is 1. The molecule has 18 heavy (non-hydrogen) atoms. The van der Waals surface area contributed by atoms with Crippen LogP contribution in [0.5, 0.6) is 0 Å². The number of para-hydroxylation sites is 1. The van der Waals surface area contributed by atoms with Gasteiger partial charge >= 0.3 is 5.97 Å². The van der Waals surface area contributed by atoms with E-state index in [0.717, 1.165) is 0 Å². The van der Waals surface area contributed by atoms with E-state index >= 15 is 0 Å². The fourth-order valence-corrected chi connectivity index (χ4v) is 2.02. The fourth-order valence-electron chi connectivity index (χ4n) is 2.02. The second kappa shape index (κ2) is 4.60. The molecule has 4 nitrogen and oxygen atoms in total. The summed E-state index contributed by atoms with van der Waals surface area (Å²) in [4.78, 5) is 25.2. The molecular weight excluding hydrogens is 237 g/mol. The van der Waals surface area contributed by atoms with Crippen molar-refractivity contribution in [1.29, 1.82) is 0 Å². The molecule has 0 saturated carbocycles. The molecule has 0 fully saturated rings. The molecule has 2 N–H and O–H groups in total. The van der Waals surface area contributed by atoms with Crippen LogP contribution in [0.4, 0.5) is 4.39 Å². The first-order valence-electron chi connectivity index (χ1n) is 5.52. The van der Waals surface area contributed by atoms with Gasteiger partial charge in [0.1, 0.15) is 5.82 Å². The summed E-state index contributed by atoms with van der Waals surface area (Å²) in [5.74, 6) is -1.73. The van der Waals surface area contributed by atoms with E-state index in [1.165, 1.54) is 12.1 Å². The lowest BCUT2D eigenvalue weighted by Gasteiger charge is -1.99. The van der Waals surface area contributed by atoms with Crippen LogP contribution in [0, 0.1) is 12.7 Å². The molecule has 0 unspecified atom stereocenters. The molecule has 5 heteroatoms. The van der Waals surface area contributed by atoms with Gasteiger partial charge in [-0.1, -0.05) is 12.1 Å². The number of Topliss-reactive ketones (excluding diaryl/α,β-unsaturated/α-hetero) is 1. The number of fused-ring (bicyclic) bond motifs is 1. The highest BCUT2D eigenvalue weighted by molar-refractivity contribution is 6.09. The molecule has 0 aliphatic rings. The van der Waals surface area contributed by atoms with Crippen LogP contribution in [0.1, 0.15) is 28.9 Å². The summed E-state index contributed by atoms with van der Waals surface area (Å²) in [6.07, 6.45) is -0.306. The fraction of sp³-hybridized carbons (Fsp3) is 0.231. The number of hydrogen-bond donors (Lipinski definition) is 2. The van der Waals surface area contributed by atoms with Gasteiger partial charge in [0.05, 0.1) is 11.9 Å². The Hall–Kier alpha value is -2.17. The summed E-state index contributed by atoms with van der Waals surface area (Å²) in [6, 6.07) is 4.48. The number of carboxylic acid groups (broad SMARTS) is 1. The minimum Gasteiger partial charge on any atom is -0.481 e. The number of aromatic amines is 1. The van der Waals surface area contributed by atoms with Gasteiger partial charge in [0, 0.05) is 23.1 Å². The standard InChI is InChI=1S/C13H12FNO3/c1-7-12(10(16)5-6-11(17)18)8-3-2-4-9(14)13(8)15-7/h2-4,15H,5-6H2,1H3,(H,17,18). The first-order valence-corrected chi connectivity index (χ1v) is 5.52. The maximum absolute atomic E-state index is 13.5. The average Bonchev–Trinajstić information content (AvgIpc) is 2.64. The quantitative estimate of drug-likeness (QED) is 0.818. The zero-order valence-corrected chi connectivity index (χ0v) is 9.79. The number of benzene rings is 1. The highest BCUT2D eigenvalue weighted by Crippen LogP contribution is 2.25. The molecule has 1 aromatic heterocycles. The van der Waals surface area contributed by atoms with Crippen LogP contribution in [-0.2, 0) is 4.79 Å². The van der Waals surface area contributed by atoms with Gasteiger partial charge in [0.2, 0.25) is 0 Å². The summed E-state index contributed by atoms with van der Waals surface area (Å²) >= 11 is 0. The third-order valence-corrected chi connectivity index (χ3v) is 2.82. The molecule has 0 saturated heterocycles. The molecule has 0 bridgehead atoms. The Balaban J connectivity index is 2.44. The van der Waals surface area contributed by atoms with Gasteiger partial charge in [0.15, 0.2) is 5.78 Å². The second-order valence-electron chi connectivity index (χ2n) is 4.10. The average molecular weight is 249 g/mol. The SMILES string of the molecule is Cc1[nH]c2c(F)cccc2c1C(=O)CCC(=O)O. The Morgan fingerprint density at radius 3 is 2.72 bits per heavy atom. The first kappa shape index (κ1) is 12.3. The predicted molar refractivity (Wildman–Crippen MR) is 64.2 cm³/mol. The number of aliphatic carboxylic acids is 1. The number of H-pyrrole nitrogens is 1. The van der Waals surface area contributed by atoms with Crippen molar-refractivity contribution in [3.63, 3.8) is 0 Å². The molecule has 1 aromatic carbocycles. The highest BCUT2D eigenvalue weighted by Gasteiger charge is 2.18. The summed E-state index contributed by atoms with van der Waals surface area (Å²) in [6.45, 7) is 1.67. The van der Waals surface area contributed by atoms with Gasteiger partial charge in [-0.05, 0) is 13.0 Å². The van der Waals surface area contributed by atoms with Gasteiger partial charge in [-0.2, -0.15) is 0 Å². The van der Waals surface area contributed by atoms with Gasteiger partial charge in [-0.15, -0.1) is 0 Å². The van der Waals surface area contributed by atoms with Gasteiger partial charge in [-0.3, -0.25) is 9.59 Å². The number of carbonyl (C=O) groups excluding carboxylic acids is 1. The Labute approximate surface area is 102 Å². The summed E-state index contributed by atoms with van der Waals surface area (Å²) in [5, 5.41) is 9.07. The molecule has 0 amide bonds. The van der Waals surface area contributed by atoms with Crippen molar-refractivity contribution in [2.45, 2.75) is 19.8 Å². The highest BCUT2D eigenvalue weighted by atomic mass is 19.1. The van der Waals surface area contributed by atoms with Gasteiger partial charge in [-0.25, -0.2) is 4.39 Å². The van der Waals surface area contributed by atoms with E-state index in [4.69, 9.17) is 5.11 Å². The number of rotatable bonds is 4. The lowest BCUT2D eigenvalue weighted by atomic mass is 10.0. The maximum atomic E-state index is 13.5. The molecule has 0 aliphatic carbocycles. The number of hydrogen-bond acceptors (Lipinski definition) is 2. The molecule has 0 aliphatic heterocycles. The van der Waals surface area contributed by atoms with Crippen molar-refractivity contribution in [2.24, 2.45) is 0 Å². The van der Waals surface area contributed by atoms with Crippen LogP contribution in [0.15, 0.2) is 18.2 Å². The third kappa shape index (κ3) is 2.11. The van der Waals surface area contributed by atoms with Crippen molar-refractivity contribution in [3.05, 3.63) is 35.3 Å². The monoisotopic (exact) mass is 249 g/mol. The topological polar surface area (TPSA) is 70.2 Å². The minimum absolute atomic E-state index is 0.0837. The van der Waals surface area contributed by atoms with Crippen molar-refractivity contribution in [2.75, 3.05) is 0 Å². The van der Waals surface area contributed by atoms with E-state index in [1.807, 2.05) is 0 Å². The van der Waals surface area contributed by atoms with Crippen molar-refractivity contribution >= 4 is 22.7 Å². The Kier molecular flexibility index (Phi) is 3.14. The van der Waals surface area contributed by atoms with E-state index in [2.05, 4.69) is 4.98 Å². The second-order valence-corrected chi connectivity index (χ2v) is 4.10. The number of aryl methyl sites for hydroxylation is 1. The third-order valence-electron chi connectivity index (χ3n) is 2.82. The largest absolute Gasteiger partial charge is 0.481 e. The summed E-state index contributed by atoms with van der Waals surface area (Å²) in [5.41, 5.74) is 1.23. The van der Waals surface area contributed by atoms with E-state index in [-0.39, 0.29) is 24.1 Å². The van der Waals surface area contributed by atoms with Gasteiger partial charge < -0.3 is 10.1 Å². The minimum atomic E-state index is -1.02. The molecular formula is C13H12FNO3. The first-order chi connectivity index (χ1) is 8.50. The van der Waals surface area contributed by atoms with E-state index in [0.29, 0.717) is 16.6 Å². The summed E-state index contributed by atoms with van der Waals surface area (Å²) in [7, 11) is 0. The van der Waals surface area contributed by atoms with E-state index in [9.17, 15) is 14.0 Å². The molecule has 1 heterocycles. The number of nitrogens with one attached hydrogen (secondary N) is 1.